The molecular formula is C31H18Cl6O3. The Hall–Kier alpha value is -2.76. The third-order valence-corrected chi connectivity index (χ3v) is 8.55. The third-order valence-electron chi connectivity index (χ3n) is 6.79. The molecule has 3 N–H and O–H groups in total. The lowest BCUT2D eigenvalue weighted by atomic mass is 9.67. The SMILES string of the molecule is Oc1c(Cl)cc(C2(c3cc(Cl)c(O)c(Cl)c3)c3ccccc3-c3ccccc32)cc1Cl.Oc1c(Cl)cccc1Cl. The number of hydrogen-bond acceptors (Lipinski definition) is 3. The van der Waals surface area contributed by atoms with Crippen LogP contribution in [0.4, 0.5) is 0 Å². The van der Waals surface area contributed by atoms with Crippen LogP contribution in [0.15, 0.2) is 91.0 Å². The largest absolute Gasteiger partial charge is 0.505 e. The monoisotopic (exact) mass is 648 g/mol. The van der Waals surface area contributed by atoms with Crippen molar-refractivity contribution in [2.45, 2.75) is 5.41 Å². The van der Waals surface area contributed by atoms with Crippen LogP contribution in [0, 0.1) is 0 Å². The van der Waals surface area contributed by atoms with Crippen molar-refractivity contribution in [2.75, 3.05) is 0 Å². The molecule has 0 spiro atoms. The summed E-state index contributed by atoms with van der Waals surface area (Å²) in [5, 5.41) is 30.5. The molecule has 1 aliphatic carbocycles. The number of aromatic hydroxyl groups is 3. The summed E-state index contributed by atoms with van der Waals surface area (Å²) in [6, 6.07) is 27.7. The number of para-hydroxylation sites is 1. The van der Waals surface area contributed by atoms with E-state index in [1.54, 1.807) is 42.5 Å². The Kier molecular flexibility index (Phi) is 8.09. The highest BCUT2D eigenvalue weighted by atomic mass is 35.5. The standard InChI is InChI=1S/C25H14Cl4O2.C6H4Cl2O/c26-19-9-13(10-20(27)23(19)30)25(14-11-21(28)24(31)22(29)12-14)17-7-3-1-5-15(17)16-6-2-4-8-18(16)25;7-4-2-1-3-5(8)6(4)9/h1-12,30-31H;1-3,9H. The van der Waals surface area contributed by atoms with Gasteiger partial charge in [-0.3, -0.25) is 0 Å². The maximum absolute atomic E-state index is 10.2. The Bertz CT molecular complexity index is 1600. The summed E-state index contributed by atoms with van der Waals surface area (Å²) in [5.74, 6) is -0.409. The molecule has 0 fully saturated rings. The highest BCUT2D eigenvalue weighted by molar-refractivity contribution is 6.38. The lowest BCUT2D eigenvalue weighted by Gasteiger charge is -2.34. The Morgan fingerprint density at radius 2 is 0.725 bits per heavy atom. The molecule has 3 nitrogen and oxygen atoms in total. The molecule has 5 aromatic rings. The van der Waals surface area contributed by atoms with Crippen LogP contribution in [0.5, 0.6) is 17.2 Å². The van der Waals surface area contributed by atoms with Gasteiger partial charge in [0.15, 0.2) is 17.2 Å². The van der Waals surface area contributed by atoms with Crippen LogP contribution in [0.25, 0.3) is 11.1 Å². The van der Waals surface area contributed by atoms with Crippen LogP contribution in [-0.4, -0.2) is 15.3 Å². The fourth-order valence-electron chi connectivity index (χ4n) is 5.08. The maximum Gasteiger partial charge on any atom is 0.152 e. The van der Waals surface area contributed by atoms with Crippen molar-refractivity contribution >= 4 is 69.6 Å². The van der Waals surface area contributed by atoms with E-state index in [0.717, 1.165) is 33.4 Å². The first-order valence-electron chi connectivity index (χ1n) is 11.8. The Labute approximate surface area is 260 Å². The van der Waals surface area contributed by atoms with Gasteiger partial charge in [0.25, 0.3) is 0 Å². The van der Waals surface area contributed by atoms with Crippen molar-refractivity contribution in [1.82, 2.24) is 0 Å². The summed E-state index contributed by atoms with van der Waals surface area (Å²) in [5.41, 5.74) is 4.72. The smallest absolute Gasteiger partial charge is 0.152 e. The lowest BCUT2D eigenvalue weighted by molar-refractivity contribution is 0.475. The quantitative estimate of drug-likeness (QED) is 0.175. The molecule has 202 valence electrons. The zero-order valence-corrected chi connectivity index (χ0v) is 24.8. The van der Waals surface area contributed by atoms with Crippen LogP contribution in [0.3, 0.4) is 0 Å². The molecule has 1 aliphatic rings. The van der Waals surface area contributed by atoms with Crippen molar-refractivity contribution in [3.63, 3.8) is 0 Å². The van der Waals surface area contributed by atoms with Crippen LogP contribution < -0.4 is 0 Å². The summed E-state index contributed by atoms with van der Waals surface area (Å²) in [6.45, 7) is 0. The Morgan fingerprint density at radius 1 is 0.400 bits per heavy atom. The number of phenolic OH excluding ortho intramolecular Hbond substituents is 3. The summed E-state index contributed by atoms with van der Waals surface area (Å²) in [6.07, 6.45) is 0. The van der Waals surface area contributed by atoms with Gasteiger partial charge in [-0.15, -0.1) is 0 Å². The first-order chi connectivity index (χ1) is 19.1. The van der Waals surface area contributed by atoms with Crippen molar-refractivity contribution in [3.05, 3.63) is 143 Å². The van der Waals surface area contributed by atoms with Gasteiger partial charge in [-0.2, -0.15) is 0 Å². The van der Waals surface area contributed by atoms with Crippen LogP contribution in [-0.2, 0) is 5.41 Å². The van der Waals surface area contributed by atoms with Gasteiger partial charge < -0.3 is 15.3 Å². The molecule has 0 amide bonds. The minimum Gasteiger partial charge on any atom is -0.505 e. The molecule has 5 aromatic carbocycles. The van der Waals surface area contributed by atoms with E-state index in [-0.39, 0.29) is 47.4 Å². The van der Waals surface area contributed by atoms with Gasteiger partial charge in [-0.25, -0.2) is 0 Å². The van der Waals surface area contributed by atoms with Crippen molar-refractivity contribution < 1.29 is 15.3 Å². The molecule has 0 aromatic heterocycles. The second kappa shape index (κ2) is 11.3. The van der Waals surface area contributed by atoms with E-state index >= 15 is 0 Å². The van der Waals surface area contributed by atoms with Gasteiger partial charge in [0, 0.05) is 0 Å². The predicted octanol–water partition coefficient (Wildman–Crippen LogP) is 10.8. The van der Waals surface area contributed by atoms with E-state index in [1.165, 1.54) is 0 Å². The summed E-state index contributed by atoms with van der Waals surface area (Å²) in [7, 11) is 0. The number of fused-ring (bicyclic) bond motifs is 3. The molecule has 0 heterocycles. The fraction of sp³-hybridized carbons (Fsp3) is 0.0323. The number of hydrogen-bond donors (Lipinski definition) is 3. The highest BCUT2D eigenvalue weighted by Crippen LogP contribution is 2.58. The molecule has 0 saturated carbocycles. The van der Waals surface area contributed by atoms with E-state index in [2.05, 4.69) is 12.1 Å². The van der Waals surface area contributed by atoms with Gasteiger partial charge in [-0.1, -0.05) is 124 Å². The highest BCUT2D eigenvalue weighted by Gasteiger charge is 2.46. The van der Waals surface area contributed by atoms with Crippen molar-refractivity contribution in [3.8, 4) is 28.4 Å². The maximum atomic E-state index is 10.2. The van der Waals surface area contributed by atoms with E-state index in [0.29, 0.717) is 0 Å². The third kappa shape index (κ3) is 4.75. The molecule has 0 saturated heterocycles. The van der Waals surface area contributed by atoms with E-state index in [1.807, 2.05) is 36.4 Å². The zero-order chi connectivity index (χ0) is 28.8. The minimum absolute atomic E-state index is 0.0548. The van der Waals surface area contributed by atoms with Gasteiger partial charge >= 0.3 is 0 Å². The number of phenols is 3. The van der Waals surface area contributed by atoms with Crippen LogP contribution in [0.2, 0.25) is 30.1 Å². The van der Waals surface area contributed by atoms with Gasteiger partial charge in [0.1, 0.15) is 0 Å². The first-order valence-corrected chi connectivity index (χ1v) is 14.0. The van der Waals surface area contributed by atoms with Gasteiger partial charge in [-0.05, 0) is 69.8 Å². The average molecular weight is 651 g/mol. The molecular weight excluding hydrogens is 633 g/mol. The minimum atomic E-state index is -0.866. The summed E-state index contributed by atoms with van der Waals surface area (Å²) < 4.78 is 0. The van der Waals surface area contributed by atoms with E-state index < -0.39 is 5.41 Å². The fourth-order valence-corrected chi connectivity index (χ4v) is 6.45. The van der Waals surface area contributed by atoms with Crippen molar-refractivity contribution in [1.29, 1.82) is 0 Å². The second-order valence-electron chi connectivity index (χ2n) is 8.99. The van der Waals surface area contributed by atoms with Gasteiger partial charge in [0.05, 0.1) is 35.6 Å². The Morgan fingerprint density at radius 3 is 1.07 bits per heavy atom. The predicted molar refractivity (Wildman–Crippen MR) is 165 cm³/mol. The zero-order valence-electron chi connectivity index (χ0n) is 20.3. The molecule has 40 heavy (non-hydrogen) atoms. The summed E-state index contributed by atoms with van der Waals surface area (Å²) >= 11 is 36.4. The number of benzene rings is 5. The lowest BCUT2D eigenvalue weighted by Crippen LogP contribution is -2.28. The van der Waals surface area contributed by atoms with Crippen molar-refractivity contribution in [2.24, 2.45) is 0 Å². The van der Waals surface area contributed by atoms with E-state index in [4.69, 9.17) is 74.7 Å². The van der Waals surface area contributed by atoms with Crippen LogP contribution >= 0.6 is 69.6 Å². The molecule has 0 aliphatic heterocycles. The first kappa shape index (κ1) is 28.8. The molecule has 0 unspecified atom stereocenters. The topological polar surface area (TPSA) is 60.7 Å². The second-order valence-corrected chi connectivity index (χ2v) is 11.4. The summed E-state index contributed by atoms with van der Waals surface area (Å²) in [4.78, 5) is 0. The van der Waals surface area contributed by atoms with Crippen LogP contribution in [0.1, 0.15) is 22.3 Å². The molecule has 9 heteroatoms. The molecule has 0 radical (unpaired) electrons. The molecule has 6 rings (SSSR count). The molecule has 0 bridgehead atoms. The molecule has 0 atom stereocenters. The van der Waals surface area contributed by atoms with Gasteiger partial charge in [0.2, 0.25) is 0 Å². The number of halogens is 6. The average Bonchev–Trinajstić information content (AvgIpc) is 3.24. The normalized spacial score (nSPS) is 12.8. The number of rotatable bonds is 2. The van der Waals surface area contributed by atoms with E-state index in [9.17, 15) is 10.2 Å². The Balaban J connectivity index is 0.000000306.